The van der Waals surface area contributed by atoms with Crippen molar-refractivity contribution in [2.75, 3.05) is 0 Å². The predicted molar refractivity (Wildman–Crippen MR) is 77.3 cm³/mol. The van der Waals surface area contributed by atoms with Crippen molar-refractivity contribution >= 4 is 52.7 Å². The Labute approximate surface area is 124 Å². The van der Waals surface area contributed by atoms with Gasteiger partial charge in [-0.3, -0.25) is 4.79 Å². The quantitative estimate of drug-likeness (QED) is 0.641. The lowest BCUT2D eigenvalue weighted by molar-refractivity contribution is 0.112. The minimum Gasteiger partial charge on any atom is -0.298 e. The topological polar surface area (TPSA) is 17.1 Å². The highest BCUT2D eigenvalue weighted by Crippen LogP contribution is 2.34. The molecule has 0 aliphatic rings. The Morgan fingerprint density at radius 3 is 2.17 bits per heavy atom. The van der Waals surface area contributed by atoms with E-state index < -0.39 is 0 Å². The SMILES string of the molecule is O=Cc1c(Cl)cc(Cl)cc1-c1ccc(Cl)c(Cl)c1. The van der Waals surface area contributed by atoms with Crippen molar-refractivity contribution in [3.8, 4) is 11.1 Å². The maximum atomic E-state index is 11.1. The molecule has 0 fully saturated rings. The zero-order valence-electron chi connectivity index (χ0n) is 8.88. The van der Waals surface area contributed by atoms with E-state index in [0.717, 1.165) is 5.56 Å². The molecule has 0 saturated heterocycles. The number of aldehydes is 1. The molecule has 0 bridgehead atoms. The number of benzene rings is 2. The van der Waals surface area contributed by atoms with E-state index in [9.17, 15) is 4.79 Å². The van der Waals surface area contributed by atoms with Gasteiger partial charge in [0.25, 0.3) is 0 Å². The van der Waals surface area contributed by atoms with Crippen LogP contribution in [0.25, 0.3) is 11.1 Å². The van der Waals surface area contributed by atoms with Crippen molar-refractivity contribution in [3.05, 3.63) is 56.0 Å². The molecule has 2 rings (SSSR count). The van der Waals surface area contributed by atoms with E-state index in [0.29, 0.717) is 37.5 Å². The van der Waals surface area contributed by atoms with Crippen LogP contribution in [-0.4, -0.2) is 6.29 Å². The molecular weight excluding hydrogens is 314 g/mol. The molecule has 92 valence electrons. The standard InChI is InChI=1S/C13H6Cl4O/c14-8-4-9(10(6-18)12(16)5-8)7-1-2-11(15)13(17)3-7/h1-6H. The largest absolute Gasteiger partial charge is 0.298 e. The fourth-order valence-corrected chi connectivity index (χ4v) is 2.44. The second kappa shape index (κ2) is 5.50. The van der Waals surface area contributed by atoms with Gasteiger partial charge in [-0.15, -0.1) is 0 Å². The van der Waals surface area contributed by atoms with Crippen LogP contribution in [0.3, 0.4) is 0 Å². The fourth-order valence-electron chi connectivity index (χ4n) is 1.61. The monoisotopic (exact) mass is 318 g/mol. The highest BCUT2D eigenvalue weighted by Gasteiger charge is 2.11. The van der Waals surface area contributed by atoms with Gasteiger partial charge in [0, 0.05) is 10.6 Å². The number of hydrogen-bond acceptors (Lipinski definition) is 1. The zero-order valence-corrected chi connectivity index (χ0v) is 11.9. The third-order valence-corrected chi connectivity index (χ3v) is 3.71. The molecule has 1 nitrogen and oxygen atoms in total. The Balaban J connectivity index is 2.69. The van der Waals surface area contributed by atoms with Crippen LogP contribution in [0.2, 0.25) is 20.1 Å². The molecule has 0 heterocycles. The summed E-state index contributed by atoms with van der Waals surface area (Å²) in [6.07, 6.45) is 0.691. The van der Waals surface area contributed by atoms with Crippen molar-refractivity contribution in [2.45, 2.75) is 0 Å². The lowest BCUT2D eigenvalue weighted by Crippen LogP contribution is -1.90. The van der Waals surface area contributed by atoms with Gasteiger partial charge in [0.15, 0.2) is 6.29 Å². The molecule has 0 amide bonds. The van der Waals surface area contributed by atoms with Crippen LogP contribution in [0.1, 0.15) is 10.4 Å². The Morgan fingerprint density at radius 2 is 1.56 bits per heavy atom. The number of halogens is 4. The number of carbonyl (C=O) groups excluding carboxylic acids is 1. The minimum atomic E-state index is 0.304. The van der Waals surface area contributed by atoms with Crippen LogP contribution < -0.4 is 0 Å². The third-order valence-electron chi connectivity index (χ3n) is 2.44. The van der Waals surface area contributed by atoms with E-state index in [2.05, 4.69) is 0 Å². The molecule has 18 heavy (non-hydrogen) atoms. The minimum absolute atomic E-state index is 0.304. The molecule has 0 unspecified atom stereocenters. The molecule has 0 aliphatic carbocycles. The Morgan fingerprint density at radius 1 is 0.833 bits per heavy atom. The molecule has 2 aromatic carbocycles. The zero-order chi connectivity index (χ0) is 13.3. The molecular formula is C13H6Cl4O. The molecule has 0 saturated carbocycles. The first-order chi connectivity index (χ1) is 8.52. The van der Waals surface area contributed by atoms with Gasteiger partial charge in [0.2, 0.25) is 0 Å². The first kappa shape index (κ1) is 13.7. The van der Waals surface area contributed by atoms with Crippen LogP contribution >= 0.6 is 46.4 Å². The molecule has 0 N–H and O–H groups in total. The summed E-state index contributed by atoms with van der Waals surface area (Å²) in [6, 6.07) is 8.26. The summed E-state index contributed by atoms with van der Waals surface area (Å²) >= 11 is 23.7. The van der Waals surface area contributed by atoms with Crippen molar-refractivity contribution in [2.24, 2.45) is 0 Å². The van der Waals surface area contributed by atoms with Crippen LogP contribution in [0.15, 0.2) is 30.3 Å². The fraction of sp³-hybridized carbons (Fsp3) is 0. The highest BCUT2D eigenvalue weighted by atomic mass is 35.5. The van der Waals surface area contributed by atoms with E-state index in [1.807, 2.05) is 0 Å². The van der Waals surface area contributed by atoms with E-state index in [1.54, 1.807) is 24.3 Å². The summed E-state index contributed by atoms with van der Waals surface area (Å²) in [7, 11) is 0. The first-order valence-corrected chi connectivity index (χ1v) is 6.43. The number of carbonyl (C=O) groups is 1. The lowest BCUT2D eigenvalue weighted by Gasteiger charge is -2.09. The average molecular weight is 320 g/mol. The molecule has 5 heteroatoms. The van der Waals surface area contributed by atoms with Gasteiger partial charge in [-0.05, 0) is 35.4 Å². The maximum absolute atomic E-state index is 11.1. The Kier molecular flexibility index (Phi) is 4.18. The lowest BCUT2D eigenvalue weighted by atomic mass is 10.0. The number of hydrogen-bond donors (Lipinski definition) is 0. The van der Waals surface area contributed by atoms with Gasteiger partial charge < -0.3 is 0 Å². The van der Waals surface area contributed by atoms with Crippen molar-refractivity contribution in [3.63, 3.8) is 0 Å². The van der Waals surface area contributed by atoms with Gasteiger partial charge in [-0.2, -0.15) is 0 Å². The summed E-state index contributed by atoms with van der Waals surface area (Å²) in [4.78, 5) is 11.1. The highest BCUT2D eigenvalue weighted by molar-refractivity contribution is 6.42. The summed E-state index contributed by atoms with van der Waals surface area (Å²) in [5, 5.41) is 1.61. The van der Waals surface area contributed by atoms with Gasteiger partial charge in [0.05, 0.1) is 15.1 Å². The molecule has 2 aromatic rings. The van der Waals surface area contributed by atoms with Gasteiger partial charge >= 0.3 is 0 Å². The van der Waals surface area contributed by atoms with Gasteiger partial charge in [-0.1, -0.05) is 52.5 Å². The molecule has 0 aliphatic heterocycles. The van der Waals surface area contributed by atoms with Crippen molar-refractivity contribution in [1.82, 2.24) is 0 Å². The van der Waals surface area contributed by atoms with E-state index in [1.165, 1.54) is 6.07 Å². The van der Waals surface area contributed by atoms with E-state index in [4.69, 9.17) is 46.4 Å². The Hall–Kier alpha value is -0.730. The molecule has 0 aromatic heterocycles. The summed E-state index contributed by atoms with van der Waals surface area (Å²) < 4.78 is 0. The van der Waals surface area contributed by atoms with Gasteiger partial charge in [-0.25, -0.2) is 0 Å². The maximum Gasteiger partial charge on any atom is 0.152 e. The average Bonchev–Trinajstić information content (AvgIpc) is 2.32. The second-order valence-corrected chi connectivity index (χ2v) is 5.25. The van der Waals surface area contributed by atoms with Crippen LogP contribution in [0, 0.1) is 0 Å². The molecule has 0 spiro atoms. The van der Waals surface area contributed by atoms with Crippen molar-refractivity contribution < 1.29 is 4.79 Å². The van der Waals surface area contributed by atoms with E-state index >= 15 is 0 Å². The second-order valence-electron chi connectivity index (χ2n) is 3.60. The van der Waals surface area contributed by atoms with E-state index in [-0.39, 0.29) is 0 Å². The first-order valence-electron chi connectivity index (χ1n) is 4.92. The Bertz CT molecular complexity index is 623. The summed E-state index contributed by atoms with van der Waals surface area (Å²) in [5.41, 5.74) is 1.73. The van der Waals surface area contributed by atoms with Crippen LogP contribution in [0.5, 0.6) is 0 Å². The van der Waals surface area contributed by atoms with Crippen LogP contribution in [0.4, 0.5) is 0 Å². The van der Waals surface area contributed by atoms with Crippen molar-refractivity contribution in [1.29, 1.82) is 0 Å². The number of rotatable bonds is 2. The van der Waals surface area contributed by atoms with Crippen LogP contribution in [-0.2, 0) is 0 Å². The smallest absolute Gasteiger partial charge is 0.152 e. The normalized spacial score (nSPS) is 10.4. The summed E-state index contributed by atoms with van der Waals surface area (Å²) in [6.45, 7) is 0. The predicted octanol–water partition coefficient (Wildman–Crippen LogP) is 5.78. The van der Waals surface area contributed by atoms with Gasteiger partial charge in [0.1, 0.15) is 0 Å². The summed E-state index contributed by atoms with van der Waals surface area (Å²) in [5.74, 6) is 0. The molecule has 0 atom stereocenters. The molecule has 0 radical (unpaired) electrons. The third kappa shape index (κ3) is 2.65.